The molecule has 0 amide bonds. The van der Waals surface area contributed by atoms with E-state index in [-0.39, 0.29) is 11.9 Å². The second kappa shape index (κ2) is 7.35. The number of fused-ring (bicyclic) bond motifs is 1. The van der Waals surface area contributed by atoms with Gasteiger partial charge in [-0.25, -0.2) is 4.39 Å². The van der Waals surface area contributed by atoms with Crippen molar-refractivity contribution < 1.29 is 9.13 Å². The molecule has 2 aliphatic heterocycles. The van der Waals surface area contributed by atoms with Gasteiger partial charge < -0.3 is 15.0 Å². The molecule has 2 aromatic rings. The third kappa shape index (κ3) is 3.74. The van der Waals surface area contributed by atoms with Gasteiger partial charge in [-0.1, -0.05) is 0 Å². The first-order valence-corrected chi connectivity index (χ1v) is 9.00. The van der Waals surface area contributed by atoms with Gasteiger partial charge in [-0.05, 0) is 56.0 Å². The van der Waals surface area contributed by atoms with E-state index in [4.69, 9.17) is 4.74 Å². The summed E-state index contributed by atoms with van der Waals surface area (Å²) in [4.78, 5) is 2.27. The molecule has 3 heterocycles. The zero-order valence-electron chi connectivity index (χ0n) is 14.2. The number of hydrogen-bond donors (Lipinski definition) is 1. The van der Waals surface area contributed by atoms with Gasteiger partial charge in [-0.2, -0.15) is 5.10 Å². The molecule has 4 rings (SSSR count). The van der Waals surface area contributed by atoms with Gasteiger partial charge in [0, 0.05) is 36.9 Å². The summed E-state index contributed by atoms with van der Waals surface area (Å²) in [6, 6.07) is 9.21. The molecule has 25 heavy (non-hydrogen) atoms. The Morgan fingerprint density at radius 2 is 2.16 bits per heavy atom. The maximum atomic E-state index is 13.8. The van der Waals surface area contributed by atoms with Gasteiger partial charge >= 0.3 is 0 Å². The zero-order chi connectivity index (χ0) is 17.1. The van der Waals surface area contributed by atoms with Crippen LogP contribution in [0.15, 0.2) is 36.5 Å². The first-order valence-electron chi connectivity index (χ1n) is 9.00. The van der Waals surface area contributed by atoms with E-state index < -0.39 is 0 Å². The monoisotopic (exact) mass is 342 g/mol. The van der Waals surface area contributed by atoms with Gasteiger partial charge in [0.15, 0.2) is 5.82 Å². The third-order valence-corrected chi connectivity index (χ3v) is 4.98. The second-order valence-electron chi connectivity index (χ2n) is 6.76. The van der Waals surface area contributed by atoms with Crippen molar-refractivity contribution in [2.45, 2.75) is 37.8 Å². The van der Waals surface area contributed by atoms with E-state index >= 15 is 0 Å². The lowest BCUT2D eigenvalue weighted by atomic mass is 9.98. The van der Waals surface area contributed by atoms with Crippen LogP contribution in [0.1, 0.15) is 37.3 Å². The summed E-state index contributed by atoms with van der Waals surface area (Å²) in [6.45, 7) is 2.57. The molecular formula is C19H23FN4O. The Morgan fingerprint density at radius 1 is 1.20 bits per heavy atom. The minimum atomic E-state index is -0.208. The summed E-state index contributed by atoms with van der Waals surface area (Å²) in [6.07, 6.45) is 5.83. The van der Waals surface area contributed by atoms with Crippen molar-refractivity contribution in [2.75, 3.05) is 24.6 Å². The number of rotatable bonds is 3. The minimum absolute atomic E-state index is 0.125. The van der Waals surface area contributed by atoms with E-state index in [1.54, 1.807) is 18.3 Å². The van der Waals surface area contributed by atoms with Crippen molar-refractivity contribution >= 4 is 5.82 Å². The van der Waals surface area contributed by atoms with Crippen molar-refractivity contribution in [2.24, 2.45) is 0 Å². The molecule has 2 atom stereocenters. The number of halogens is 1. The molecule has 0 radical (unpaired) electrons. The van der Waals surface area contributed by atoms with E-state index in [9.17, 15) is 4.39 Å². The summed E-state index contributed by atoms with van der Waals surface area (Å²) in [5, 5.41) is 12.0. The Labute approximate surface area is 147 Å². The van der Waals surface area contributed by atoms with Crippen LogP contribution >= 0.6 is 0 Å². The minimum Gasteiger partial charge on any atom is -0.493 e. The average molecular weight is 342 g/mol. The standard InChI is InChI=1S/C19H23FN4O/c20-14-7-8-18-16(12-14)17(5-3-11-25-18)22-15-4-2-10-24(13-15)19-6-1-9-21-23-19/h1,6-9,12,15,17,22H,2-5,10-11,13H2. The lowest BCUT2D eigenvalue weighted by molar-refractivity contribution is 0.312. The van der Waals surface area contributed by atoms with Gasteiger partial charge in [-0.3, -0.25) is 0 Å². The van der Waals surface area contributed by atoms with E-state index in [0.29, 0.717) is 12.6 Å². The van der Waals surface area contributed by atoms with Crippen LogP contribution in [0.5, 0.6) is 5.75 Å². The number of ether oxygens (including phenoxy) is 1. The van der Waals surface area contributed by atoms with Crippen LogP contribution in [-0.2, 0) is 0 Å². The van der Waals surface area contributed by atoms with Crippen LogP contribution in [0.25, 0.3) is 0 Å². The van der Waals surface area contributed by atoms with Crippen molar-refractivity contribution in [3.63, 3.8) is 0 Å². The molecule has 0 spiro atoms. The molecule has 2 aliphatic rings. The lowest BCUT2D eigenvalue weighted by Gasteiger charge is -2.36. The normalized spacial score (nSPS) is 23.5. The van der Waals surface area contributed by atoms with Crippen LogP contribution in [0, 0.1) is 5.82 Å². The number of benzene rings is 1. The van der Waals surface area contributed by atoms with Crippen molar-refractivity contribution in [1.29, 1.82) is 0 Å². The smallest absolute Gasteiger partial charge is 0.151 e. The summed E-state index contributed by atoms with van der Waals surface area (Å²) in [5.74, 6) is 1.52. The SMILES string of the molecule is Fc1ccc2c(c1)C(NC1CCCN(c3cccnn3)C1)CCCO2. The van der Waals surface area contributed by atoms with Crippen molar-refractivity contribution in [3.8, 4) is 5.75 Å². The highest BCUT2D eigenvalue weighted by Gasteiger charge is 2.26. The molecule has 6 heteroatoms. The fraction of sp³-hybridized carbons (Fsp3) is 0.474. The molecule has 132 valence electrons. The highest BCUT2D eigenvalue weighted by molar-refractivity contribution is 5.39. The van der Waals surface area contributed by atoms with E-state index in [2.05, 4.69) is 20.4 Å². The largest absolute Gasteiger partial charge is 0.493 e. The molecule has 0 aliphatic carbocycles. The Hall–Kier alpha value is -2.21. The molecule has 1 fully saturated rings. The molecule has 5 nitrogen and oxygen atoms in total. The number of nitrogens with zero attached hydrogens (tertiary/aromatic N) is 3. The van der Waals surface area contributed by atoms with Crippen molar-refractivity contribution in [1.82, 2.24) is 15.5 Å². The summed E-state index contributed by atoms with van der Waals surface area (Å²) in [7, 11) is 0. The Balaban J connectivity index is 1.49. The molecule has 0 bridgehead atoms. The van der Waals surface area contributed by atoms with Gasteiger partial charge in [0.1, 0.15) is 11.6 Å². The number of nitrogens with one attached hydrogen (secondary N) is 1. The number of anilines is 1. The van der Waals surface area contributed by atoms with Gasteiger partial charge in [0.05, 0.1) is 6.61 Å². The third-order valence-electron chi connectivity index (χ3n) is 4.98. The molecule has 2 unspecified atom stereocenters. The Bertz CT molecular complexity index is 712. The maximum absolute atomic E-state index is 13.8. The van der Waals surface area contributed by atoms with Crippen LogP contribution in [-0.4, -0.2) is 35.9 Å². The summed E-state index contributed by atoms with van der Waals surface area (Å²) < 4.78 is 19.5. The maximum Gasteiger partial charge on any atom is 0.151 e. The predicted octanol–water partition coefficient (Wildman–Crippen LogP) is 3.09. The Kier molecular flexibility index (Phi) is 4.78. The highest BCUT2D eigenvalue weighted by atomic mass is 19.1. The second-order valence-corrected chi connectivity index (χ2v) is 6.76. The average Bonchev–Trinajstić information content (AvgIpc) is 2.85. The molecule has 1 saturated heterocycles. The molecular weight excluding hydrogens is 319 g/mol. The number of piperidine rings is 1. The molecule has 0 saturated carbocycles. The van der Waals surface area contributed by atoms with E-state index in [1.807, 2.05) is 12.1 Å². The van der Waals surface area contributed by atoms with Crippen LogP contribution in [0.2, 0.25) is 0 Å². The van der Waals surface area contributed by atoms with Crippen LogP contribution in [0.3, 0.4) is 0 Å². The first kappa shape index (κ1) is 16.3. The highest BCUT2D eigenvalue weighted by Crippen LogP contribution is 2.33. The van der Waals surface area contributed by atoms with Gasteiger partial charge in [0.2, 0.25) is 0 Å². The van der Waals surface area contributed by atoms with E-state index in [0.717, 1.165) is 55.9 Å². The van der Waals surface area contributed by atoms with Crippen LogP contribution < -0.4 is 15.0 Å². The Morgan fingerprint density at radius 3 is 3.04 bits per heavy atom. The fourth-order valence-electron chi connectivity index (χ4n) is 3.79. The summed E-state index contributed by atoms with van der Waals surface area (Å²) in [5.41, 5.74) is 0.939. The van der Waals surface area contributed by atoms with E-state index in [1.165, 1.54) is 6.07 Å². The summed E-state index contributed by atoms with van der Waals surface area (Å²) >= 11 is 0. The molecule has 1 aromatic heterocycles. The quantitative estimate of drug-likeness (QED) is 0.929. The molecule has 1 N–H and O–H groups in total. The van der Waals surface area contributed by atoms with Crippen LogP contribution in [0.4, 0.5) is 10.2 Å². The lowest BCUT2D eigenvalue weighted by Crippen LogP contribution is -2.47. The fourth-order valence-corrected chi connectivity index (χ4v) is 3.79. The van der Waals surface area contributed by atoms with Gasteiger partial charge in [0.25, 0.3) is 0 Å². The zero-order valence-corrected chi connectivity index (χ0v) is 14.2. The molecule has 1 aromatic carbocycles. The topological polar surface area (TPSA) is 50.3 Å². The number of aromatic nitrogens is 2. The first-order chi connectivity index (χ1) is 12.3. The number of hydrogen-bond acceptors (Lipinski definition) is 5. The predicted molar refractivity (Wildman–Crippen MR) is 94.3 cm³/mol. The van der Waals surface area contributed by atoms with Crippen molar-refractivity contribution in [3.05, 3.63) is 47.9 Å². The van der Waals surface area contributed by atoms with Gasteiger partial charge in [-0.15, -0.1) is 5.10 Å².